The molecule has 0 spiro atoms. The molecule has 0 radical (unpaired) electrons. The molecule has 3 N–H and O–H groups in total. The number of nitrogens with zero attached hydrogens (tertiary/aromatic N) is 1. The van der Waals surface area contributed by atoms with Gasteiger partial charge in [0.05, 0.1) is 18.8 Å². The molecule has 0 amide bonds. The Morgan fingerprint density at radius 1 is 1.17 bits per heavy atom. The van der Waals surface area contributed by atoms with Gasteiger partial charge in [0.2, 0.25) is 0 Å². The molecule has 2 fully saturated rings. The Hall–Kier alpha value is -2.22. The van der Waals surface area contributed by atoms with Crippen LogP contribution in [0.1, 0.15) is 37.0 Å². The fourth-order valence-corrected chi connectivity index (χ4v) is 8.33. The fourth-order valence-electron chi connectivity index (χ4n) is 5.48. The smallest absolute Gasteiger partial charge is 0.118 e. The maximum Gasteiger partial charge on any atom is 0.118 e. The molecule has 9 heteroatoms. The summed E-state index contributed by atoms with van der Waals surface area (Å²) in [7, 11) is -2.31. The van der Waals surface area contributed by atoms with Crippen LogP contribution in [0.5, 0.6) is 0 Å². The minimum absolute atomic E-state index is 0.186. The van der Waals surface area contributed by atoms with Gasteiger partial charge in [-0.3, -0.25) is 4.90 Å². The first-order valence-corrected chi connectivity index (χ1v) is 17.1. The van der Waals surface area contributed by atoms with Gasteiger partial charge in [-0.05, 0) is 42.2 Å². The summed E-state index contributed by atoms with van der Waals surface area (Å²) < 4.78 is 25.2. The lowest BCUT2D eigenvalue weighted by Gasteiger charge is -2.37. The maximum atomic E-state index is 13.4. The number of benzene rings is 2. The first-order chi connectivity index (χ1) is 20.3. The van der Waals surface area contributed by atoms with Crippen molar-refractivity contribution < 1.29 is 29.4 Å². The van der Waals surface area contributed by atoms with Crippen LogP contribution >= 0.6 is 18.7 Å². The van der Waals surface area contributed by atoms with E-state index in [1.165, 1.54) is 0 Å². The van der Waals surface area contributed by atoms with E-state index in [2.05, 4.69) is 18.4 Å². The molecule has 42 heavy (non-hydrogen) atoms. The van der Waals surface area contributed by atoms with Gasteiger partial charge in [-0.1, -0.05) is 79.2 Å². The summed E-state index contributed by atoms with van der Waals surface area (Å²) in [4.78, 5) is 2.30. The Balaban J connectivity index is 1.33. The molecule has 0 bridgehead atoms. The third kappa shape index (κ3) is 8.45. The Labute approximate surface area is 254 Å². The molecule has 2 aromatic carbocycles. The highest BCUT2D eigenvalue weighted by atomic mass is 35.5. The average molecular weight is 616 g/mol. The number of hydrogen-bond donors (Lipinski definition) is 3. The van der Waals surface area contributed by atoms with Gasteiger partial charge in [0.1, 0.15) is 31.7 Å². The monoisotopic (exact) mass is 615 g/mol. The van der Waals surface area contributed by atoms with Gasteiger partial charge in [-0.25, -0.2) is 0 Å². The van der Waals surface area contributed by atoms with Gasteiger partial charge >= 0.3 is 0 Å². The molecule has 4 rings (SSSR count). The van der Waals surface area contributed by atoms with E-state index < -0.39 is 31.6 Å². The molecular formula is C33H43ClNO6P. The van der Waals surface area contributed by atoms with Crippen LogP contribution in [0.2, 0.25) is 5.02 Å². The number of aliphatic hydroxyl groups is 3. The van der Waals surface area contributed by atoms with Crippen molar-refractivity contribution in [1.29, 1.82) is 0 Å². The topological polar surface area (TPSA) is 99.5 Å². The van der Waals surface area contributed by atoms with Gasteiger partial charge < -0.3 is 29.4 Å². The van der Waals surface area contributed by atoms with E-state index in [0.29, 0.717) is 41.7 Å². The standard InChI is InChI=1S/C33H43ClNO6P/c1-3-24(20-26-21-25(11-13-30(26)34)33-32(38)31(37)22-28(23-36)41-33)10-12-27(4-2)40-17-14-35-15-18-42(39,19-16-35)29-8-6-5-7-9-29/h4-13,21,28,31-33,36-38H,2-3,14-20,22-23H2,1H3. The van der Waals surface area contributed by atoms with Gasteiger partial charge in [0.15, 0.2) is 0 Å². The van der Waals surface area contributed by atoms with Crippen molar-refractivity contribution >= 4 is 24.0 Å². The number of hydrogen-bond acceptors (Lipinski definition) is 7. The largest absolute Gasteiger partial charge is 0.492 e. The van der Waals surface area contributed by atoms with Crippen molar-refractivity contribution in [2.75, 3.05) is 45.2 Å². The molecule has 7 nitrogen and oxygen atoms in total. The van der Waals surface area contributed by atoms with E-state index in [-0.39, 0.29) is 13.0 Å². The summed E-state index contributed by atoms with van der Waals surface area (Å²) in [5.74, 6) is 0.676. The van der Waals surface area contributed by atoms with Gasteiger partial charge in [-0.2, -0.15) is 0 Å². The van der Waals surface area contributed by atoms with Crippen LogP contribution in [0.25, 0.3) is 0 Å². The summed E-state index contributed by atoms with van der Waals surface area (Å²) in [6.07, 6.45) is 5.26. The minimum Gasteiger partial charge on any atom is -0.492 e. The molecule has 0 aromatic heterocycles. The van der Waals surface area contributed by atoms with Crippen LogP contribution in [0, 0.1) is 0 Å². The number of ether oxygens (including phenoxy) is 2. The van der Waals surface area contributed by atoms with Gasteiger partial charge in [0.25, 0.3) is 0 Å². The number of allylic oxidation sites excluding steroid dienone is 4. The Kier molecular flexibility index (Phi) is 12.1. The van der Waals surface area contributed by atoms with Crippen molar-refractivity contribution in [2.24, 2.45) is 0 Å². The minimum atomic E-state index is -2.31. The zero-order chi connectivity index (χ0) is 30.1. The first kappa shape index (κ1) is 32.7. The van der Waals surface area contributed by atoms with Gasteiger partial charge in [-0.15, -0.1) is 0 Å². The normalized spacial score (nSPS) is 25.3. The lowest BCUT2D eigenvalue weighted by atomic mass is 9.91. The Bertz CT molecular complexity index is 1290. The molecule has 2 saturated heterocycles. The Morgan fingerprint density at radius 3 is 2.57 bits per heavy atom. The predicted molar refractivity (Wildman–Crippen MR) is 169 cm³/mol. The van der Waals surface area contributed by atoms with E-state index in [1.807, 2.05) is 48.6 Å². The lowest BCUT2D eigenvalue weighted by molar-refractivity contribution is -0.179. The second-order valence-electron chi connectivity index (χ2n) is 11.0. The van der Waals surface area contributed by atoms with E-state index in [1.54, 1.807) is 18.2 Å². The quantitative estimate of drug-likeness (QED) is 0.178. The molecule has 228 valence electrons. The van der Waals surface area contributed by atoms with E-state index in [0.717, 1.165) is 42.5 Å². The summed E-state index contributed by atoms with van der Waals surface area (Å²) in [5.41, 5.74) is 2.71. The molecular weight excluding hydrogens is 573 g/mol. The number of halogens is 1. The molecule has 2 aliphatic rings. The third-order valence-corrected chi connectivity index (χ3v) is 11.6. The van der Waals surface area contributed by atoms with Crippen molar-refractivity contribution in [2.45, 2.75) is 50.6 Å². The lowest BCUT2D eigenvalue weighted by Crippen LogP contribution is -2.44. The van der Waals surface area contributed by atoms with Gasteiger partial charge in [0, 0.05) is 48.7 Å². The first-order valence-electron chi connectivity index (χ1n) is 14.7. The SMILES string of the molecule is C=CC(=CC=C(CC)Cc1cc(C2OC(CO)CC(O)C2O)ccc1Cl)OCCN1CCP(=O)(c2ccccc2)CC1. The van der Waals surface area contributed by atoms with Crippen molar-refractivity contribution in [3.8, 4) is 0 Å². The average Bonchev–Trinajstić information content (AvgIpc) is 3.01. The predicted octanol–water partition coefficient (Wildman–Crippen LogP) is 4.85. The van der Waals surface area contributed by atoms with Crippen LogP contribution in [0.4, 0.5) is 0 Å². The molecule has 2 heterocycles. The van der Waals surface area contributed by atoms with Crippen molar-refractivity contribution in [3.05, 3.63) is 101 Å². The summed E-state index contributed by atoms with van der Waals surface area (Å²) in [6.45, 7) is 8.62. The van der Waals surface area contributed by atoms with E-state index >= 15 is 0 Å². The summed E-state index contributed by atoms with van der Waals surface area (Å²) >= 11 is 6.54. The fraction of sp³-hybridized carbons (Fsp3) is 0.455. The third-order valence-electron chi connectivity index (χ3n) is 8.16. The summed E-state index contributed by atoms with van der Waals surface area (Å²) in [6, 6.07) is 15.3. The number of aliphatic hydroxyl groups excluding tert-OH is 3. The van der Waals surface area contributed by atoms with Crippen LogP contribution < -0.4 is 5.30 Å². The maximum absolute atomic E-state index is 13.4. The molecule has 4 atom stereocenters. The van der Waals surface area contributed by atoms with Crippen LogP contribution in [-0.2, 0) is 20.5 Å². The van der Waals surface area contributed by atoms with Crippen LogP contribution in [0.15, 0.2) is 84.7 Å². The zero-order valence-electron chi connectivity index (χ0n) is 24.3. The molecule has 0 aliphatic carbocycles. The molecule has 4 unspecified atom stereocenters. The second kappa shape index (κ2) is 15.5. The molecule has 0 saturated carbocycles. The highest BCUT2D eigenvalue weighted by molar-refractivity contribution is 7.71. The van der Waals surface area contributed by atoms with Crippen molar-refractivity contribution in [3.63, 3.8) is 0 Å². The Morgan fingerprint density at radius 2 is 1.90 bits per heavy atom. The van der Waals surface area contributed by atoms with E-state index in [4.69, 9.17) is 21.1 Å². The summed E-state index contributed by atoms with van der Waals surface area (Å²) in [5, 5.41) is 31.9. The highest BCUT2D eigenvalue weighted by Gasteiger charge is 2.37. The second-order valence-corrected chi connectivity index (χ2v) is 14.6. The van der Waals surface area contributed by atoms with E-state index in [9.17, 15) is 19.9 Å². The zero-order valence-corrected chi connectivity index (χ0v) is 25.9. The number of rotatable bonds is 12. The molecule has 2 aromatic rings. The van der Waals surface area contributed by atoms with Crippen molar-refractivity contribution in [1.82, 2.24) is 4.90 Å². The van der Waals surface area contributed by atoms with Crippen LogP contribution in [-0.4, -0.2) is 83.7 Å². The van der Waals surface area contributed by atoms with Crippen LogP contribution in [0.3, 0.4) is 0 Å². The highest BCUT2D eigenvalue weighted by Crippen LogP contribution is 2.46. The molecule has 2 aliphatic heterocycles.